The molecule has 202 valence electrons. The van der Waals surface area contributed by atoms with E-state index in [1.54, 1.807) is 54.5 Å². The Morgan fingerprint density at radius 3 is 2.54 bits per heavy atom. The lowest BCUT2D eigenvalue weighted by Gasteiger charge is -2.21. The van der Waals surface area contributed by atoms with E-state index in [0.717, 1.165) is 5.69 Å². The van der Waals surface area contributed by atoms with Crippen molar-refractivity contribution in [3.8, 4) is 17.2 Å². The number of anilines is 2. The highest BCUT2D eigenvalue weighted by molar-refractivity contribution is 6.01. The number of ether oxygens (including phenoxy) is 2. The fourth-order valence-corrected chi connectivity index (χ4v) is 4.94. The molecule has 10 heteroatoms. The SMILES string of the molecule is COc1cc2nccc(Oc3ccc(Nc4nn(C)cc4C(=O)NCC4CCCCC4)cc3)c2cc1C(N)=O. The van der Waals surface area contributed by atoms with Crippen molar-refractivity contribution in [3.05, 3.63) is 66.0 Å². The molecule has 4 N–H and O–H groups in total. The Morgan fingerprint density at radius 2 is 1.82 bits per heavy atom. The number of aryl methyl sites for hydroxylation is 1. The van der Waals surface area contributed by atoms with E-state index in [1.807, 2.05) is 12.1 Å². The molecule has 0 atom stereocenters. The number of pyridine rings is 1. The van der Waals surface area contributed by atoms with E-state index in [0.29, 0.717) is 52.0 Å². The minimum Gasteiger partial charge on any atom is -0.496 e. The van der Waals surface area contributed by atoms with Crippen molar-refractivity contribution in [3.63, 3.8) is 0 Å². The average molecular weight is 529 g/mol. The Kier molecular flexibility index (Phi) is 7.62. The second kappa shape index (κ2) is 11.4. The van der Waals surface area contributed by atoms with Crippen molar-refractivity contribution in [2.45, 2.75) is 32.1 Å². The topological polar surface area (TPSA) is 133 Å². The van der Waals surface area contributed by atoms with E-state index >= 15 is 0 Å². The maximum atomic E-state index is 12.9. The number of carbonyl (C=O) groups excluding carboxylic acids is 2. The first-order valence-electron chi connectivity index (χ1n) is 13.0. The summed E-state index contributed by atoms with van der Waals surface area (Å²) in [6.07, 6.45) is 9.45. The number of primary amides is 1. The molecule has 1 fully saturated rings. The van der Waals surface area contributed by atoms with Gasteiger partial charge in [-0.1, -0.05) is 19.3 Å². The van der Waals surface area contributed by atoms with Crippen LogP contribution in [0, 0.1) is 5.92 Å². The predicted molar refractivity (Wildman–Crippen MR) is 149 cm³/mol. The van der Waals surface area contributed by atoms with Crippen molar-refractivity contribution in [1.29, 1.82) is 0 Å². The fraction of sp³-hybridized carbons (Fsp3) is 0.310. The number of aromatic nitrogens is 3. The van der Waals surface area contributed by atoms with E-state index in [9.17, 15) is 9.59 Å². The van der Waals surface area contributed by atoms with Crippen molar-refractivity contribution in [2.24, 2.45) is 18.7 Å². The monoisotopic (exact) mass is 528 g/mol. The van der Waals surface area contributed by atoms with Gasteiger partial charge in [-0.25, -0.2) is 0 Å². The molecule has 0 aliphatic heterocycles. The van der Waals surface area contributed by atoms with Crippen LogP contribution in [0.3, 0.4) is 0 Å². The lowest BCUT2D eigenvalue weighted by molar-refractivity contribution is 0.0943. The predicted octanol–water partition coefficient (Wildman–Crippen LogP) is 4.92. The highest BCUT2D eigenvalue weighted by atomic mass is 16.5. The van der Waals surface area contributed by atoms with E-state index < -0.39 is 5.91 Å². The molecular formula is C29H32N6O4. The normalized spacial score (nSPS) is 13.7. The van der Waals surface area contributed by atoms with Crippen LogP contribution < -0.4 is 25.8 Å². The number of nitrogens with one attached hydrogen (secondary N) is 2. The summed E-state index contributed by atoms with van der Waals surface area (Å²) < 4.78 is 13.0. The van der Waals surface area contributed by atoms with Gasteiger partial charge in [-0.2, -0.15) is 5.10 Å². The summed E-state index contributed by atoms with van der Waals surface area (Å²) in [5.41, 5.74) is 7.63. The Morgan fingerprint density at radius 1 is 1.05 bits per heavy atom. The molecule has 2 aromatic heterocycles. The second-order valence-corrected chi connectivity index (χ2v) is 9.77. The first-order chi connectivity index (χ1) is 18.9. The van der Waals surface area contributed by atoms with Gasteiger partial charge in [0.05, 0.1) is 18.2 Å². The van der Waals surface area contributed by atoms with Crippen molar-refractivity contribution in [1.82, 2.24) is 20.1 Å². The molecule has 0 radical (unpaired) electrons. The first kappa shape index (κ1) is 26.0. The van der Waals surface area contributed by atoms with E-state index in [4.69, 9.17) is 15.2 Å². The largest absolute Gasteiger partial charge is 0.496 e. The Hall–Kier alpha value is -4.60. The molecule has 2 heterocycles. The van der Waals surface area contributed by atoms with Crippen molar-refractivity contribution >= 4 is 34.2 Å². The summed E-state index contributed by atoms with van der Waals surface area (Å²) in [5, 5.41) is 11.4. The number of rotatable bonds is 9. The highest BCUT2D eigenvalue weighted by Crippen LogP contribution is 2.34. The van der Waals surface area contributed by atoms with Gasteiger partial charge in [0, 0.05) is 43.1 Å². The number of amides is 2. The van der Waals surface area contributed by atoms with Crippen LogP contribution in [-0.4, -0.2) is 40.2 Å². The van der Waals surface area contributed by atoms with Gasteiger partial charge < -0.3 is 25.8 Å². The van der Waals surface area contributed by atoms with Crippen molar-refractivity contribution in [2.75, 3.05) is 19.0 Å². The zero-order valence-corrected chi connectivity index (χ0v) is 22.1. The third kappa shape index (κ3) is 5.95. The van der Waals surface area contributed by atoms with Gasteiger partial charge in [-0.3, -0.25) is 19.3 Å². The maximum Gasteiger partial charge on any atom is 0.256 e. The Labute approximate surface area is 226 Å². The summed E-state index contributed by atoms with van der Waals surface area (Å²) in [4.78, 5) is 29.2. The smallest absolute Gasteiger partial charge is 0.256 e. The molecule has 4 aromatic rings. The molecule has 10 nitrogen and oxygen atoms in total. The van der Waals surface area contributed by atoms with Gasteiger partial charge >= 0.3 is 0 Å². The molecule has 1 saturated carbocycles. The number of nitrogens with zero attached hydrogens (tertiary/aromatic N) is 3. The van der Waals surface area contributed by atoms with Gasteiger partial charge in [0.1, 0.15) is 22.8 Å². The molecule has 0 unspecified atom stereocenters. The van der Waals surface area contributed by atoms with Gasteiger partial charge in [-0.05, 0) is 55.2 Å². The molecule has 39 heavy (non-hydrogen) atoms. The van der Waals surface area contributed by atoms with E-state index in [1.165, 1.54) is 39.2 Å². The second-order valence-electron chi connectivity index (χ2n) is 9.77. The molecule has 2 amide bonds. The summed E-state index contributed by atoms with van der Waals surface area (Å²) >= 11 is 0. The molecule has 2 aromatic carbocycles. The van der Waals surface area contributed by atoms with Crippen LogP contribution in [0.4, 0.5) is 11.5 Å². The van der Waals surface area contributed by atoms with E-state index in [-0.39, 0.29) is 11.5 Å². The zero-order valence-electron chi connectivity index (χ0n) is 22.1. The quantitative estimate of drug-likeness (QED) is 0.281. The molecule has 1 aliphatic rings. The zero-order chi connectivity index (χ0) is 27.4. The third-order valence-electron chi connectivity index (χ3n) is 6.98. The number of fused-ring (bicyclic) bond motifs is 1. The minimum atomic E-state index is -0.601. The number of hydrogen-bond donors (Lipinski definition) is 3. The van der Waals surface area contributed by atoms with Crippen LogP contribution in [0.25, 0.3) is 10.9 Å². The highest BCUT2D eigenvalue weighted by Gasteiger charge is 2.19. The van der Waals surface area contributed by atoms with Crippen LogP contribution >= 0.6 is 0 Å². The average Bonchev–Trinajstić information content (AvgIpc) is 3.32. The Balaban J connectivity index is 1.29. The number of methoxy groups -OCH3 is 1. The van der Waals surface area contributed by atoms with Gasteiger partial charge in [0.2, 0.25) is 0 Å². The molecular weight excluding hydrogens is 496 g/mol. The molecule has 0 saturated heterocycles. The van der Waals surface area contributed by atoms with Gasteiger partial charge in [0.15, 0.2) is 5.82 Å². The van der Waals surface area contributed by atoms with E-state index in [2.05, 4.69) is 20.7 Å². The lowest BCUT2D eigenvalue weighted by Crippen LogP contribution is -2.30. The van der Waals surface area contributed by atoms with Crippen LogP contribution in [0.15, 0.2) is 54.9 Å². The van der Waals surface area contributed by atoms with Crippen LogP contribution in [0.5, 0.6) is 17.2 Å². The third-order valence-corrected chi connectivity index (χ3v) is 6.98. The molecule has 1 aliphatic carbocycles. The fourth-order valence-electron chi connectivity index (χ4n) is 4.94. The maximum absolute atomic E-state index is 12.9. The van der Waals surface area contributed by atoms with Gasteiger partial charge in [-0.15, -0.1) is 0 Å². The molecule has 5 rings (SSSR count). The first-order valence-corrected chi connectivity index (χ1v) is 13.0. The molecule has 0 spiro atoms. The summed E-state index contributed by atoms with van der Waals surface area (Å²) in [6.45, 7) is 0.691. The Bertz CT molecular complexity index is 1490. The van der Waals surface area contributed by atoms with Gasteiger partial charge in [0.25, 0.3) is 11.8 Å². The minimum absolute atomic E-state index is 0.132. The number of carbonyl (C=O) groups is 2. The summed E-state index contributed by atoms with van der Waals surface area (Å²) in [5.74, 6) is 1.75. The van der Waals surface area contributed by atoms with Crippen LogP contribution in [0.1, 0.15) is 52.8 Å². The number of hydrogen-bond acceptors (Lipinski definition) is 7. The standard InChI is InChI=1S/C29H32N6O4/c1-35-17-23(29(37)32-16-18-6-4-3-5-7-18)28(34-35)33-19-8-10-20(11-9-19)39-25-12-13-31-24-15-26(38-2)22(27(30)36)14-21(24)25/h8-15,17-18H,3-7,16H2,1-2H3,(H2,30,36)(H,32,37)(H,33,34). The summed E-state index contributed by atoms with van der Waals surface area (Å²) in [6, 6.07) is 12.3. The van der Waals surface area contributed by atoms with Crippen molar-refractivity contribution < 1.29 is 19.1 Å². The molecule has 0 bridgehead atoms. The number of benzene rings is 2. The summed E-state index contributed by atoms with van der Waals surface area (Å²) in [7, 11) is 3.26. The number of nitrogens with two attached hydrogens (primary N) is 1. The van der Waals surface area contributed by atoms with Crippen LogP contribution in [-0.2, 0) is 7.05 Å². The lowest BCUT2D eigenvalue weighted by atomic mass is 9.89. The van der Waals surface area contributed by atoms with Crippen LogP contribution in [0.2, 0.25) is 0 Å².